The number of ether oxygens (including phenoxy) is 1. The molecule has 0 bridgehead atoms. The lowest BCUT2D eigenvalue weighted by Crippen LogP contribution is -2.19. The minimum Gasteiger partial charge on any atom is -0.465 e. The number of carbonyl (C=O) groups excluding carboxylic acids is 1. The second-order valence-electron chi connectivity index (χ2n) is 4.83. The van der Waals surface area contributed by atoms with E-state index in [-0.39, 0.29) is 5.97 Å². The molecule has 1 heterocycles. The predicted octanol–water partition coefficient (Wildman–Crippen LogP) is 2.63. The summed E-state index contributed by atoms with van der Waals surface area (Å²) in [7, 11) is 1.41. The standard InChI is InChI=1S/C14H19NO2/c1-10-6-7-15(9-10)12-4-5-13(11(2)8-12)14(16)17-3/h4-5,8,10H,6-7,9H2,1-3H3. The van der Waals surface area contributed by atoms with E-state index >= 15 is 0 Å². The van der Waals surface area contributed by atoms with E-state index in [9.17, 15) is 4.79 Å². The van der Waals surface area contributed by atoms with Gasteiger partial charge in [0.05, 0.1) is 12.7 Å². The Morgan fingerprint density at radius 1 is 1.47 bits per heavy atom. The molecule has 1 atom stereocenters. The molecule has 17 heavy (non-hydrogen) atoms. The second kappa shape index (κ2) is 4.78. The van der Waals surface area contributed by atoms with Crippen LogP contribution in [0.4, 0.5) is 5.69 Å². The average Bonchev–Trinajstić information content (AvgIpc) is 2.75. The van der Waals surface area contributed by atoms with Gasteiger partial charge in [-0.25, -0.2) is 4.79 Å². The fourth-order valence-electron chi connectivity index (χ4n) is 2.35. The van der Waals surface area contributed by atoms with Crippen LogP contribution in [0.15, 0.2) is 18.2 Å². The average molecular weight is 233 g/mol. The van der Waals surface area contributed by atoms with Crippen LogP contribution in [0, 0.1) is 12.8 Å². The molecule has 1 aliphatic rings. The largest absolute Gasteiger partial charge is 0.465 e. The highest BCUT2D eigenvalue weighted by Crippen LogP contribution is 2.25. The van der Waals surface area contributed by atoms with Crippen LogP contribution in [-0.4, -0.2) is 26.2 Å². The van der Waals surface area contributed by atoms with Gasteiger partial charge in [-0.05, 0) is 43.0 Å². The molecule has 2 rings (SSSR count). The highest BCUT2D eigenvalue weighted by atomic mass is 16.5. The molecular formula is C14H19NO2. The number of esters is 1. The van der Waals surface area contributed by atoms with Crippen LogP contribution < -0.4 is 4.90 Å². The Morgan fingerprint density at radius 2 is 2.24 bits per heavy atom. The Hall–Kier alpha value is -1.51. The molecule has 3 nitrogen and oxygen atoms in total. The van der Waals surface area contributed by atoms with Gasteiger partial charge >= 0.3 is 5.97 Å². The van der Waals surface area contributed by atoms with Gasteiger partial charge in [-0.1, -0.05) is 6.92 Å². The van der Waals surface area contributed by atoms with E-state index in [4.69, 9.17) is 4.74 Å². The second-order valence-corrected chi connectivity index (χ2v) is 4.83. The SMILES string of the molecule is COC(=O)c1ccc(N2CCC(C)C2)cc1C. The molecule has 1 saturated heterocycles. The molecule has 0 aliphatic carbocycles. The van der Waals surface area contributed by atoms with Crippen LogP contribution >= 0.6 is 0 Å². The van der Waals surface area contributed by atoms with E-state index in [1.165, 1.54) is 19.2 Å². The molecule has 0 amide bonds. The van der Waals surface area contributed by atoms with Crippen molar-refractivity contribution in [2.45, 2.75) is 20.3 Å². The Bertz CT molecular complexity index is 428. The minimum atomic E-state index is -0.260. The maximum atomic E-state index is 11.5. The van der Waals surface area contributed by atoms with Crippen molar-refractivity contribution in [3.05, 3.63) is 29.3 Å². The lowest BCUT2D eigenvalue weighted by Gasteiger charge is -2.19. The Morgan fingerprint density at radius 3 is 2.76 bits per heavy atom. The number of hydrogen-bond donors (Lipinski definition) is 0. The predicted molar refractivity (Wildman–Crippen MR) is 68.5 cm³/mol. The van der Waals surface area contributed by atoms with Crippen LogP contribution in [0.1, 0.15) is 29.3 Å². The Kier molecular flexibility index (Phi) is 3.36. The Labute approximate surface area is 102 Å². The van der Waals surface area contributed by atoms with E-state index < -0.39 is 0 Å². The van der Waals surface area contributed by atoms with Crippen LogP contribution in [0.5, 0.6) is 0 Å². The van der Waals surface area contributed by atoms with Crippen LogP contribution in [-0.2, 0) is 4.74 Å². The van der Waals surface area contributed by atoms with Gasteiger partial charge in [-0.15, -0.1) is 0 Å². The van der Waals surface area contributed by atoms with Crippen LogP contribution in [0.2, 0.25) is 0 Å². The van der Waals surface area contributed by atoms with Crippen molar-refractivity contribution in [1.29, 1.82) is 0 Å². The van der Waals surface area contributed by atoms with Crippen molar-refractivity contribution in [2.24, 2.45) is 5.92 Å². The lowest BCUT2D eigenvalue weighted by atomic mass is 10.1. The summed E-state index contributed by atoms with van der Waals surface area (Å²) >= 11 is 0. The van der Waals surface area contributed by atoms with Crippen LogP contribution in [0.3, 0.4) is 0 Å². The minimum absolute atomic E-state index is 0.260. The number of methoxy groups -OCH3 is 1. The zero-order valence-electron chi connectivity index (χ0n) is 10.7. The monoisotopic (exact) mass is 233 g/mol. The molecular weight excluding hydrogens is 214 g/mol. The molecule has 0 aromatic heterocycles. The molecule has 3 heteroatoms. The number of aryl methyl sites for hydroxylation is 1. The maximum Gasteiger partial charge on any atom is 0.338 e. The lowest BCUT2D eigenvalue weighted by molar-refractivity contribution is 0.0600. The van der Waals surface area contributed by atoms with E-state index in [1.54, 1.807) is 0 Å². The summed E-state index contributed by atoms with van der Waals surface area (Å²) < 4.78 is 4.75. The van der Waals surface area contributed by atoms with Gasteiger partial charge in [-0.3, -0.25) is 0 Å². The number of anilines is 1. The molecule has 1 unspecified atom stereocenters. The van der Waals surface area contributed by atoms with Gasteiger partial charge in [-0.2, -0.15) is 0 Å². The molecule has 1 aromatic carbocycles. The van der Waals surface area contributed by atoms with Crippen molar-refractivity contribution in [3.63, 3.8) is 0 Å². The number of carbonyl (C=O) groups is 1. The summed E-state index contributed by atoms with van der Waals surface area (Å²) in [6, 6.07) is 5.95. The van der Waals surface area contributed by atoms with Gasteiger partial charge in [0.15, 0.2) is 0 Å². The molecule has 1 fully saturated rings. The molecule has 1 aromatic rings. The number of benzene rings is 1. The normalized spacial score (nSPS) is 19.5. The molecule has 0 radical (unpaired) electrons. The summed E-state index contributed by atoms with van der Waals surface area (Å²) in [5.41, 5.74) is 2.84. The van der Waals surface area contributed by atoms with Crippen molar-refractivity contribution < 1.29 is 9.53 Å². The molecule has 92 valence electrons. The van der Waals surface area contributed by atoms with Gasteiger partial charge in [0.25, 0.3) is 0 Å². The van der Waals surface area contributed by atoms with Gasteiger partial charge in [0.2, 0.25) is 0 Å². The van der Waals surface area contributed by atoms with Gasteiger partial charge in [0, 0.05) is 18.8 Å². The molecule has 1 aliphatic heterocycles. The quantitative estimate of drug-likeness (QED) is 0.735. The third-order valence-electron chi connectivity index (χ3n) is 3.40. The Balaban J connectivity index is 2.22. The van der Waals surface area contributed by atoms with Gasteiger partial charge in [0.1, 0.15) is 0 Å². The van der Waals surface area contributed by atoms with E-state index in [1.807, 2.05) is 19.1 Å². The highest BCUT2D eigenvalue weighted by Gasteiger charge is 2.19. The first-order valence-corrected chi connectivity index (χ1v) is 6.05. The third kappa shape index (κ3) is 2.43. The van der Waals surface area contributed by atoms with Gasteiger partial charge < -0.3 is 9.64 Å². The highest BCUT2D eigenvalue weighted by molar-refractivity contribution is 5.91. The first-order valence-electron chi connectivity index (χ1n) is 6.05. The maximum absolute atomic E-state index is 11.5. The molecule has 0 N–H and O–H groups in total. The molecule has 0 spiro atoms. The summed E-state index contributed by atoms with van der Waals surface area (Å²) in [5.74, 6) is 0.499. The molecule has 0 saturated carbocycles. The van der Waals surface area contributed by atoms with Crippen molar-refractivity contribution in [1.82, 2.24) is 0 Å². The van der Waals surface area contributed by atoms with E-state index in [0.717, 1.165) is 24.6 Å². The third-order valence-corrected chi connectivity index (χ3v) is 3.40. The van der Waals surface area contributed by atoms with Crippen molar-refractivity contribution in [2.75, 3.05) is 25.1 Å². The fraction of sp³-hybridized carbons (Fsp3) is 0.500. The van der Waals surface area contributed by atoms with E-state index in [0.29, 0.717) is 5.56 Å². The number of nitrogens with zero attached hydrogens (tertiary/aromatic N) is 1. The summed E-state index contributed by atoms with van der Waals surface area (Å²) in [4.78, 5) is 13.9. The first kappa shape index (κ1) is 12.0. The zero-order chi connectivity index (χ0) is 12.4. The first-order chi connectivity index (χ1) is 8.11. The summed E-state index contributed by atoms with van der Waals surface area (Å²) in [6.07, 6.45) is 1.25. The smallest absolute Gasteiger partial charge is 0.338 e. The number of rotatable bonds is 2. The summed E-state index contributed by atoms with van der Waals surface area (Å²) in [5, 5.41) is 0. The topological polar surface area (TPSA) is 29.5 Å². The van der Waals surface area contributed by atoms with Crippen molar-refractivity contribution >= 4 is 11.7 Å². The zero-order valence-corrected chi connectivity index (χ0v) is 10.7. The number of hydrogen-bond acceptors (Lipinski definition) is 3. The fourth-order valence-corrected chi connectivity index (χ4v) is 2.35. The van der Waals surface area contributed by atoms with Crippen molar-refractivity contribution in [3.8, 4) is 0 Å². The van der Waals surface area contributed by atoms with E-state index in [2.05, 4.69) is 17.9 Å². The summed E-state index contributed by atoms with van der Waals surface area (Å²) in [6.45, 7) is 6.44. The van der Waals surface area contributed by atoms with Crippen LogP contribution in [0.25, 0.3) is 0 Å².